The van der Waals surface area contributed by atoms with Crippen LogP contribution in [0.15, 0.2) is 53.6 Å². The Balaban J connectivity index is 1.83. The summed E-state index contributed by atoms with van der Waals surface area (Å²) in [6, 6.07) is 14.0. The lowest BCUT2D eigenvalue weighted by atomic mass is 9.92. The van der Waals surface area contributed by atoms with Crippen molar-refractivity contribution in [3.05, 3.63) is 59.2 Å². The van der Waals surface area contributed by atoms with E-state index in [1.807, 2.05) is 25.1 Å². The number of benzene rings is 2. The number of fused-ring (bicyclic) bond motifs is 1. The minimum absolute atomic E-state index is 0.128. The van der Waals surface area contributed by atoms with Gasteiger partial charge in [0.15, 0.2) is 5.78 Å². The van der Waals surface area contributed by atoms with E-state index in [0.717, 1.165) is 27.5 Å². The van der Waals surface area contributed by atoms with Crippen LogP contribution in [0.5, 0.6) is 0 Å². The monoisotopic (exact) mass is 321 g/mol. The summed E-state index contributed by atoms with van der Waals surface area (Å²) in [7, 11) is 1.38. The Labute approximate surface area is 140 Å². The first-order valence-electron chi connectivity index (χ1n) is 8.16. The number of methoxy groups -OCH3 is 1. The zero-order valence-electron chi connectivity index (χ0n) is 13.8. The van der Waals surface area contributed by atoms with Gasteiger partial charge in [-0.15, -0.1) is 0 Å². The molecule has 1 aliphatic heterocycles. The summed E-state index contributed by atoms with van der Waals surface area (Å²) >= 11 is 0. The fraction of sp³-hybridized carbons (Fsp3) is 0.300. The van der Waals surface area contributed by atoms with Crippen LogP contribution in [0, 0.1) is 0 Å². The van der Waals surface area contributed by atoms with Crippen LogP contribution in [-0.2, 0) is 14.3 Å². The first kappa shape index (κ1) is 15.1. The summed E-state index contributed by atoms with van der Waals surface area (Å²) in [5, 5.41) is 5.64. The SMILES string of the molecule is COC(=O)[C@@]1(C)N[C@@H](c2ccc3ccccc3c2)C2=C1CCC2=O. The number of Topliss-reactive ketones (excluding diaryl/α,β-unsaturated/α-hetero) is 1. The number of esters is 1. The minimum Gasteiger partial charge on any atom is -0.467 e. The van der Waals surface area contributed by atoms with E-state index in [9.17, 15) is 9.59 Å². The molecule has 0 spiro atoms. The maximum absolute atomic E-state index is 12.5. The van der Waals surface area contributed by atoms with Crippen LogP contribution in [0.3, 0.4) is 0 Å². The number of rotatable bonds is 2. The molecule has 0 saturated heterocycles. The van der Waals surface area contributed by atoms with Crippen molar-refractivity contribution in [1.29, 1.82) is 0 Å². The van der Waals surface area contributed by atoms with Gasteiger partial charge in [0.1, 0.15) is 5.54 Å². The maximum Gasteiger partial charge on any atom is 0.330 e. The molecule has 2 aromatic rings. The molecule has 1 heterocycles. The number of nitrogens with one attached hydrogen (secondary N) is 1. The second-order valence-electron chi connectivity index (χ2n) is 6.62. The summed E-state index contributed by atoms with van der Waals surface area (Å²) in [5.41, 5.74) is 1.71. The van der Waals surface area contributed by atoms with E-state index in [-0.39, 0.29) is 17.8 Å². The van der Waals surface area contributed by atoms with Crippen molar-refractivity contribution in [2.24, 2.45) is 0 Å². The average Bonchev–Trinajstić information content (AvgIpc) is 3.14. The van der Waals surface area contributed by atoms with E-state index >= 15 is 0 Å². The van der Waals surface area contributed by atoms with Gasteiger partial charge in [-0.1, -0.05) is 36.4 Å². The van der Waals surface area contributed by atoms with Crippen LogP contribution in [0.1, 0.15) is 31.4 Å². The van der Waals surface area contributed by atoms with Gasteiger partial charge >= 0.3 is 5.97 Å². The standard InChI is InChI=1S/C20H19NO3/c1-20(19(23)24-2)15-9-10-16(22)17(15)18(21-20)14-8-7-12-5-3-4-6-13(12)11-14/h3-8,11,18,21H,9-10H2,1-2H3/t18-,20-/m0/s1. The minimum atomic E-state index is -0.924. The van der Waals surface area contributed by atoms with Gasteiger partial charge in [0.05, 0.1) is 13.2 Å². The van der Waals surface area contributed by atoms with Gasteiger partial charge in [0.2, 0.25) is 0 Å². The molecule has 1 N–H and O–H groups in total. The second-order valence-corrected chi connectivity index (χ2v) is 6.62. The van der Waals surface area contributed by atoms with E-state index in [1.165, 1.54) is 7.11 Å². The van der Waals surface area contributed by atoms with Gasteiger partial charge in [-0.05, 0) is 41.3 Å². The summed E-state index contributed by atoms with van der Waals surface area (Å²) in [6.07, 6.45) is 1.10. The normalized spacial score (nSPS) is 26.1. The lowest BCUT2D eigenvalue weighted by Crippen LogP contribution is -2.49. The third kappa shape index (κ3) is 2.03. The van der Waals surface area contributed by atoms with Gasteiger partial charge in [-0.3, -0.25) is 10.1 Å². The van der Waals surface area contributed by atoms with Crippen molar-refractivity contribution in [3.63, 3.8) is 0 Å². The molecular formula is C20H19NO3. The highest BCUT2D eigenvalue weighted by Gasteiger charge is 2.52. The molecule has 0 unspecified atom stereocenters. The molecule has 4 rings (SSSR count). The molecule has 2 aromatic carbocycles. The summed E-state index contributed by atoms with van der Waals surface area (Å²) in [5.74, 6) is -0.212. The largest absolute Gasteiger partial charge is 0.467 e. The lowest BCUT2D eigenvalue weighted by Gasteiger charge is -2.27. The Kier molecular flexibility index (Phi) is 3.32. The molecule has 0 amide bonds. The molecule has 0 bridgehead atoms. The third-order valence-electron chi connectivity index (χ3n) is 5.25. The Morgan fingerprint density at radius 3 is 2.67 bits per heavy atom. The molecule has 24 heavy (non-hydrogen) atoms. The Hall–Kier alpha value is -2.46. The molecule has 2 aliphatic rings. The highest BCUT2D eigenvalue weighted by atomic mass is 16.5. The molecule has 0 aromatic heterocycles. The van der Waals surface area contributed by atoms with Gasteiger partial charge in [0.25, 0.3) is 0 Å². The predicted molar refractivity (Wildman–Crippen MR) is 91.5 cm³/mol. The number of carbonyl (C=O) groups excluding carboxylic acids is 2. The molecule has 1 aliphatic carbocycles. The maximum atomic E-state index is 12.5. The van der Waals surface area contributed by atoms with Crippen molar-refractivity contribution >= 4 is 22.5 Å². The smallest absolute Gasteiger partial charge is 0.330 e. The molecule has 122 valence electrons. The average molecular weight is 321 g/mol. The van der Waals surface area contributed by atoms with Crippen LogP contribution in [0.25, 0.3) is 10.8 Å². The van der Waals surface area contributed by atoms with Gasteiger partial charge in [-0.25, -0.2) is 4.79 Å². The summed E-state index contributed by atoms with van der Waals surface area (Å²) < 4.78 is 4.99. The molecular weight excluding hydrogens is 302 g/mol. The van der Waals surface area contributed by atoms with Crippen molar-refractivity contribution in [2.75, 3.05) is 7.11 Å². The number of ether oxygens (including phenoxy) is 1. The first-order chi connectivity index (χ1) is 11.5. The number of ketones is 1. The van der Waals surface area contributed by atoms with Gasteiger partial charge in [0, 0.05) is 12.0 Å². The quantitative estimate of drug-likeness (QED) is 0.864. The van der Waals surface area contributed by atoms with E-state index in [1.54, 1.807) is 0 Å². The summed E-state index contributed by atoms with van der Waals surface area (Å²) in [4.78, 5) is 24.8. The molecule has 4 nitrogen and oxygen atoms in total. The highest BCUT2D eigenvalue weighted by Crippen LogP contribution is 2.46. The predicted octanol–water partition coefficient (Wildman–Crippen LogP) is 3.08. The zero-order valence-corrected chi connectivity index (χ0v) is 13.8. The zero-order chi connectivity index (χ0) is 16.9. The van der Waals surface area contributed by atoms with Crippen molar-refractivity contribution in [1.82, 2.24) is 5.32 Å². The molecule has 4 heteroatoms. The Morgan fingerprint density at radius 2 is 1.92 bits per heavy atom. The Morgan fingerprint density at radius 1 is 1.17 bits per heavy atom. The van der Waals surface area contributed by atoms with Gasteiger partial charge < -0.3 is 4.74 Å². The van der Waals surface area contributed by atoms with E-state index in [2.05, 4.69) is 29.6 Å². The number of carbonyl (C=O) groups is 2. The van der Waals surface area contributed by atoms with Crippen LogP contribution in [0.4, 0.5) is 0 Å². The van der Waals surface area contributed by atoms with E-state index in [0.29, 0.717) is 12.8 Å². The summed E-state index contributed by atoms with van der Waals surface area (Å²) in [6.45, 7) is 1.81. The second kappa shape index (κ2) is 5.28. The first-order valence-corrected chi connectivity index (χ1v) is 8.16. The fourth-order valence-electron chi connectivity index (χ4n) is 4.00. The highest BCUT2D eigenvalue weighted by molar-refractivity contribution is 6.04. The van der Waals surface area contributed by atoms with Gasteiger partial charge in [-0.2, -0.15) is 0 Å². The van der Waals surface area contributed by atoms with Crippen LogP contribution < -0.4 is 5.32 Å². The molecule has 0 radical (unpaired) electrons. The fourth-order valence-corrected chi connectivity index (χ4v) is 4.00. The van der Waals surface area contributed by atoms with Crippen molar-refractivity contribution in [3.8, 4) is 0 Å². The van der Waals surface area contributed by atoms with Crippen LogP contribution in [0.2, 0.25) is 0 Å². The van der Waals surface area contributed by atoms with Crippen LogP contribution >= 0.6 is 0 Å². The third-order valence-corrected chi connectivity index (χ3v) is 5.25. The van der Waals surface area contributed by atoms with E-state index < -0.39 is 5.54 Å². The molecule has 0 fully saturated rings. The van der Waals surface area contributed by atoms with E-state index in [4.69, 9.17) is 4.74 Å². The van der Waals surface area contributed by atoms with Crippen molar-refractivity contribution in [2.45, 2.75) is 31.3 Å². The number of hydrogen-bond donors (Lipinski definition) is 1. The molecule has 2 atom stereocenters. The van der Waals surface area contributed by atoms with Crippen molar-refractivity contribution < 1.29 is 14.3 Å². The number of hydrogen-bond acceptors (Lipinski definition) is 4. The molecule has 0 saturated carbocycles. The van der Waals surface area contributed by atoms with Crippen LogP contribution in [-0.4, -0.2) is 24.4 Å². The topological polar surface area (TPSA) is 55.4 Å². The lowest BCUT2D eigenvalue weighted by molar-refractivity contribution is -0.146. The Bertz CT molecular complexity index is 899.